The number of hydrogen-bond acceptors (Lipinski definition) is 2. The van der Waals surface area contributed by atoms with E-state index in [0.717, 1.165) is 19.1 Å². The van der Waals surface area contributed by atoms with Crippen molar-refractivity contribution < 1.29 is 4.74 Å². The van der Waals surface area contributed by atoms with Gasteiger partial charge in [-0.25, -0.2) is 0 Å². The Morgan fingerprint density at radius 3 is 2.56 bits per heavy atom. The van der Waals surface area contributed by atoms with Gasteiger partial charge in [0.2, 0.25) is 0 Å². The SMILES string of the molecule is C[C@H]1COCC2(CCC(c3ccccc3)CC2)N1. The maximum absolute atomic E-state index is 5.75. The van der Waals surface area contributed by atoms with Gasteiger partial charge in [-0.2, -0.15) is 0 Å². The highest BCUT2D eigenvalue weighted by Crippen LogP contribution is 2.39. The van der Waals surface area contributed by atoms with Gasteiger partial charge in [0.1, 0.15) is 0 Å². The number of morpholine rings is 1. The summed E-state index contributed by atoms with van der Waals surface area (Å²) in [7, 11) is 0. The van der Waals surface area contributed by atoms with Crippen molar-refractivity contribution in [2.75, 3.05) is 13.2 Å². The van der Waals surface area contributed by atoms with Crippen LogP contribution < -0.4 is 5.32 Å². The van der Waals surface area contributed by atoms with E-state index in [1.165, 1.54) is 31.2 Å². The highest BCUT2D eigenvalue weighted by Gasteiger charge is 2.38. The number of ether oxygens (including phenoxy) is 1. The van der Waals surface area contributed by atoms with E-state index in [-0.39, 0.29) is 5.54 Å². The molecule has 2 heteroatoms. The molecule has 0 amide bonds. The van der Waals surface area contributed by atoms with Crippen molar-refractivity contribution in [3.8, 4) is 0 Å². The Labute approximate surface area is 110 Å². The summed E-state index contributed by atoms with van der Waals surface area (Å²) in [5, 5.41) is 3.78. The zero-order valence-corrected chi connectivity index (χ0v) is 11.2. The summed E-state index contributed by atoms with van der Waals surface area (Å²) >= 11 is 0. The average molecular weight is 245 g/mol. The topological polar surface area (TPSA) is 21.3 Å². The van der Waals surface area contributed by atoms with Crippen molar-refractivity contribution in [1.29, 1.82) is 0 Å². The number of rotatable bonds is 1. The van der Waals surface area contributed by atoms with E-state index < -0.39 is 0 Å². The summed E-state index contributed by atoms with van der Waals surface area (Å²) in [6.45, 7) is 3.99. The van der Waals surface area contributed by atoms with E-state index in [2.05, 4.69) is 42.6 Å². The Hall–Kier alpha value is -0.860. The molecule has 18 heavy (non-hydrogen) atoms. The van der Waals surface area contributed by atoms with Crippen LogP contribution in [0, 0.1) is 0 Å². The van der Waals surface area contributed by atoms with Gasteiger partial charge < -0.3 is 10.1 Å². The first-order valence-electron chi connectivity index (χ1n) is 7.18. The number of hydrogen-bond donors (Lipinski definition) is 1. The lowest BCUT2D eigenvalue weighted by Crippen LogP contribution is -2.59. The summed E-state index contributed by atoms with van der Waals surface area (Å²) in [5.41, 5.74) is 1.78. The van der Waals surface area contributed by atoms with E-state index in [1.807, 2.05) is 0 Å². The lowest BCUT2D eigenvalue weighted by Gasteiger charge is -2.45. The first-order valence-corrected chi connectivity index (χ1v) is 7.18. The fourth-order valence-electron chi connectivity index (χ4n) is 3.55. The van der Waals surface area contributed by atoms with Gasteiger partial charge in [-0.1, -0.05) is 30.3 Å². The van der Waals surface area contributed by atoms with Gasteiger partial charge in [-0.15, -0.1) is 0 Å². The number of nitrogens with one attached hydrogen (secondary N) is 1. The standard InChI is InChI=1S/C16H23NO/c1-13-11-18-12-16(17-13)9-7-15(8-10-16)14-5-3-2-4-6-14/h2-6,13,15,17H,7-12H2,1H3/t13-,15?,16?/m0/s1. The molecule has 1 heterocycles. The molecule has 1 aliphatic carbocycles. The second-order valence-corrected chi connectivity index (χ2v) is 6.03. The highest BCUT2D eigenvalue weighted by molar-refractivity contribution is 5.20. The van der Waals surface area contributed by atoms with Crippen LogP contribution in [0.3, 0.4) is 0 Å². The minimum absolute atomic E-state index is 0.267. The van der Waals surface area contributed by atoms with Gasteiger partial charge >= 0.3 is 0 Å². The molecule has 0 radical (unpaired) electrons. The van der Waals surface area contributed by atoms with E-state index >= 15 is 0 Å². The van der Waals surface area contributed by atoms with Crippen molar-refractivity contribution in [2.24, 2.45) is 0 Å². The Bertz CT molecular complexity index is 381. The lowest BCUT2D eigenvalue weighted by atomic mass is 9.74. The molecule has 1 aromatic rings. The molecule has 2 fully saturated rings. The molecule has 0 bridgehead atoms. The van der Waals surface area contributed by atoms with Crippen LogP contribution in [0.15, 0.2) is 30.3 Å². The maximum atomic E-state index is 5.75. The average Bonchev–Trinajstić information content (AvgIpc) is 2.40. The summed E-state index contributed by atoms with van der Waals surface area (Å²) in [5.74, 6) is 0.746. The van der Waals surface area contributed by atoms with Crippen molar-refractivity contribution in [1.82, 2.24) is 5.32 Å². The van der Waals surface area contributed by atoms with Gasteiger partial charge in [0.25, 0.3) is 0 Å². The monoisotopic (exact) mass is 245 g/mol. The van der Waals surface area contributed by atoms with Crippen LogP contribution in [-0.2, 0) is 4.74 Å². The van der Waals surface area contributed by atoms with Crippen molar-refractivity contribution in [3.63, 3.8) is 0 Å². The predicted molar refractivity (Wildman–Crippen MR) is 73.8 cm³/mol. The number of benzene rings is 1. The van der Waals surface area contributed by atoms with Gasteiger partial charge in [-0.3, -0.25) is 0 Å². The summed E-state index contributed by atoms with van der Waals surface area (Å²) in [4.78, 5) is 0. The molecule has 1 N–H and O–H groups in total. The molecule has 1 saturated heterocycles. The molecule has 1 saturated carbocycles. The Balaban J connectivity index is 1.64. The zero-order chi connectivity index (χ0) is 12.4. The van der Waals surface area contributed by atoms with Crippen LogP contribution in [0.2, 0.25) is 0 Å². The smallest absolute Gasteiger partial charge is 0.0649 e. The Morgan fingerprint density at radius 1 is 1.17 bits per heavy atom. The van der Waals surface area contributed by atoms with Crippen LogP contribution in [0.5, 0.6) is 0 Å². The molecule has 1 aliphatic heterocycles. The molecule has 3 rings (SSSR count). The molecule has 1 aromatic carbocycles. The largest absolute Gasteiger partial charge is 0.378 e. The second-order valence-electron chi connectivity index (χ2n) is 6.03. The summed E-state index contributed by atoms with van der Waals surface area (Å²) < 4.78 is 5.75. The minimum atomic E-state index is 0.267. The quantitative estimate of drug-likeness (QED) is 0.821. The Kier molecular flexibility index (Phi) is 3.40. The molecule has 1 atom stereocenters. The van der Waals surface area contributed by atoms with Crippen molar-refractivity contribution in [3.05, 3.63) is 35.9 Å². The predicted octanol–water partition coefficient (Wildman–Crippen LogP) is 3.09. The van der Waals surface area contributed by atoms with Crippen molar-refractivity contribution in [2.45, 2.75) is 50.1 Å². The molecule has 2 nitrogen and oxygen atoms in total. The molecule has 2 aliphatic rings. The lowest BCUT2D eigenvalue weighted by molar-refractivity contribution is -0.0154. The van der Waals surface area contributed by atoms with Crippen LogP contribution >= 0.6 is 0 Å². The van der Waals surface area contributed by atoms with E-state index in [1.54, 1.807) is 0 Å². The Morgan fingerprint density at radius 2 is 1.89 bits per heavy atom. The minimum Gasteiger partial charge on any atom is -0.378 e. The van der Waals surface area contributed by atoms with Gasteiger partial charge in [0.15, 0.2) is 0 Å². The molecule has 0 aromatic heterocycles. The van der Waals surface area contributed by atoms with Crippen LogP contribution in [-0.4, -0.2) is 24.8 Å². The zero-order valence-electron chi connectivity index (χ0n) is 11.2. The molecule has 1 spiro atoms. The first-order chi connectivity index (χ1) is 8.77. The van der Waals surface area contributed by atoms with Crippen LogP contribution in [0.4, 0.5) is 0 Å². The third-order valence-electron chi connectivity index (χ3n) is 4.51. The van der Waals surface area contributed by atoms with E-state index in [9.17, 15) is 0 Å². The van der Waals surface area contributed by atoms with Crippen LogP contribution in [0.25, 0.3) is 0 Å². The summed E-state index contributed by atoms with van der Waals surface area (Å²) in [6, 6.07) is 11.5. The molecule has 0 unspecified atom stereocenters. The molecular formula is C16H23NO. The van der Waals surface area contributed by atoms with Gasteiger partial charge in [-0.05, 0) is 44.1 Å². The van der Waals surface area contributed by atoms with E-state index in [4.69, 9.17) is 4.74 Å². The molecule has 98 valence electrons. The van der Waals surface area contributed by atoms with Gasteiger partial charge in [0, 0.05) is 11.6 Å². The van der Waals surface area contributed by atoms with E-state index in [0.29, 0.717) is 6.04 Å². The van der Waals surface area contributed by atoms with Gasteiger partial charge in [0.05, 0.1) is 13.2 Å². The fourth-order valence-corrected chi connectivity index (χ4v) is 3.55. The normalized spacial score (nSPS) is 36.7. The third kappa shape index (κ3) is 2.45. The second kappa shape index (κ2) is 5.02. The maximum Gasteiger partial charge on any atom is 0.0649 e. The molecular weight excluding hydrogens is 222 g/mol. The summed E-state index contributed by atoms with van der Waals surface area (Å²) in [6.07, 6.45) is 5.06. The highest BCUT2D eigenvalue weighted by atomic mass is 16.5. The van der Waals surface area contributed by atoms with Crippen LogP contribution in [0.1, 0.15) is 44.1 Å². The first kappa shape index (κ1) is 12.2. The fraction of sp³-hybridized carbons (Fsp3) is 0.625. The van der Waals surface area contributed by atoms with Crippen molar-refractivity contribution >= 4 is 0 Å². The third-order valence-corrected chi connectivity index (χ3v) is 4.51.